The highest BCUT2D eigenvalue weighted by molar-refractivity contribution is 6.15. The lowest BCUT2D eigenvalue weighted by Crippen LogP contribution is -2.31. The summed E-state index contributed by atoms with van der Waals surface area (Å²) >= 11 is 0. The molecule has 2 N–H and O–H groups in total. The van der Waals surface area contributed by atoms with Gasteiger partial charge < -0.3 is 10.6 Å². The van der Waals surface area contributed by atoms with E-state index < -0.39 is 5.82 Å². The molecule has 0 aromatic heterocycles. The summed E-state index contributed by atoms with van der Waals surface area (Å²) in [6.45, 7) is 1.83. The summed E-state index contributed by atoms with van der Waals surface area (Å²) in [6.07, 6.45) is 0.885. The molecule has 1 aliphatic heterocycles. The molecule has 25 heavy (non-hydrogen) atoms. The zero-order valence-corrected chi connectivity index (χ0v) is 14.5. The smallest absolute Gasteiger partial charge is 0.254 e. The standard InChI is InChI=1S/C19H19FN2O2.ClH/c20-15-7-5-14(6-8-15)18(23)16-3-1-2-4-17(16)19(24)22-10-9-13(11-21)12-22;/h1-8,13H,9-12,21H2;1H. The van der Waals surface area contributed by atoms with Crippen molar-refractivity contribution in [2.45, 2.75) is 6.42 Å². The average molecular weight is 363 g/mol. The fourth-order valence-electron chi connectivity index (χ4n) is 3.00. The number of carbonyl (C=O) groups excluding carboxylic acids is 2. The molecule has 6 heteroatoms. The minimum atomic E-state index is -0.402. The molecular formula is C19H20ClFN2O2. The van der Waals surface area contributed by atoms with Crippen LogP contribution in [0.2, 0.25) is 0 Å². The fourth-order valence-corrected chi connectivity index (χ4v) is 3.00. The van der Waals surface area contributed by atoms with Gasteiger partial charge in [-0.2, -0.15) is 0 Å². The minimum Gasteiger partial charge on any atom is -0.338 e. The number of amides is 1. The van der Waals surface area contributed by atoms with Crippen LogP contribution in [-0.4, -0.2) is 36.2 Å². The molecule has 1 atom stereocenters. The Hall–Kier alpha value is -2.24. The molecule has 1 fully saturated rings. The molecule has 1 amide bonds. The highest BCUT2D eigenvalue weighted by Crippen LogP contribution is 2.21. The summed E-state index contributed by atoms with van der Waals surface area (Å²) < 4.78 is 13.1. The van der Waals surface area contributed by atoms with E-state index in [-0.39, 0.29) is 24.1 Å². The second kappa shape index (κ2) is 8.23. The van der Waals surface area contributed by atoms with E-state index in [1.54, 1.807) is 29.2 Å². The zero-order chi connectivity index (χ0) is 17.1. The molecule has 1 saturated heterocycles. The Balaban J connectivity index is 0.00000225. The van der Waals surface area contributed by atoms with Crippen LogP contribution < -0.4 is 5.73 Å². The van der Waals surface area contributed by atoms with Gasteiger partial charge in [-0.1, -0.05) is 18.2 Å². The second-order valence-electron chi connectivity index (χ2n) is 6.02. The van der Waals surface area contributed by atoms with Crippen LogP contribution in [0.5, 0.6) is 0 Å². The lowest BCUT2D eigenvalue weighted by atomic mass is 9.97. The summed E-state index contributed by atoms with van der Waals surface area (Å²) in [5.74, 6) is -0.528. The number of hydrogen-bond donors (Lipinski definition) is 1. The van der Waals surface area contributed by atoms with E-state index in [1.807, 2.05) is 0 Å². The van der Waals surface area contributed by atoms with Crippen molar-refractivity contribution in [3.05, 3.63) is 71.0 Å². The number of likely N-dealkylation sites (tertiary alicyclic amines) is 1. The first-order valence-corrected chi connectivity index (χ1v) is 7.99. The van der Waals surface area contributed by atoms with Gasteiger partial charge in [-0.25, -0.2) is 4.39 Å². The van der Waals surface area contributed by atoms with E-state index in [0.717, 1.165) is 6.42 Å². The highest BCUT2D eigenvalue weighted by atomic mass is 35.5. The number of rotatable bonds is 4. The highest BCUT2D eigenvalue weighted by Gasteiger charge is 2.28. The number of ketones is 1. The molecule has 4 nitrogen and oxygen atoms in total. The van der Waals surface area contributed by atoms with Crippen LogP contribution in [0, 0.1) is 11.7 Å². The van der Waals surface area contributed by atoms with Gasteiger partial charge in [0.25, 0.3) is 5.91 Å². The van der Waals surface area contributed by atoms with Crippen molar-refractivity contribution in [3.63, 3.8) is 0 Å². The van der Waals surface area contributed by atoms with Crippen LogP contribution in [-0.2, 0) is 0 Å². The molecule has 132 valence electrons. The van der Waals surface area contributed by atoms with E-state index in [4.69, 9.17) is 5.73 Å². The van der Waals surface area contributed by atoms with Gasteiger partial charge in [-0.15, -0.1) is 12.4 Å². The maximum absolute atomic E-state index is 13.1. The first-order chi connectivity index (χ1) is 11.6. The van der Waals surface area contributed by atoms with Crippen molar-refractivity contribution in [2.24, 2.45) is 11.7 Å². The average Bonchev–Trinajstić information content (AvgIpc) is 3.10. The Kier molecular flexibility index (Phi) is 6.28. The zero-order valence-electron chi connectivity index (χ0n) is 13.7. The van der Waals surface area contributed by atoms with E-state index >= 15 is 0 Å². The monoisotopic (exact) mass is 362 g/mol. The van der Waals surface area contributed by atoms with Gasteiger partial charge in [0.1, 0.15) is 5.82 Å². The maximum atomic E-state index is 13.1. The van der Waals surface area contributed by atoms with Gasteiger partial charge in [0.2, 0.25) is 0 Å². The first-order valence-electron chi connectivity index (χ1n) is 7.99. The first kappa shape index (κ1) is 19.1. The molecule has 0 saturated carbocycles. The molecule has 2 aromatic rings. The molecule has 3 rings (SSSR count). The largest absolute Gasteiger partial charge is 0.338 e. The minimum absolute atomic E-state index is 0. The van der Waals surface area contributed by atoms with Crippen molar-refractivity contribution in [1.82, 2.24) is 4.90 Å². The molecule has 1 aliphatic rings. The van der Waals surface area contributed by atoms with Crippen molar-refractivity contribution >= 4 is 24.1 Å². The number of carbonyl (C=O) groups is 2. The van der Waals surface area contributed by atoms with Crippen molar-refractivity contribution in [2.75, 3.05) is 19.6 Å². The summed E-state index contributed by atoms with van der Waals surface area (Å²) in [5, 5.41) is 0. The van der Waals surface area contributed by atoms with Gasteiger partial charge in [0.15, 0.2) is 5.78 Å². The van der Waals surface area contributed by atoms with E-state index in [2.05, 4.69) is 0 Å². The maximum Gasteiger partial charge on any atom is 0.254 e. The number of benzene rings is 2. The number of nitrogens with zero attached hydrogens (tertiary/aromatic N) is 1. The Morgan fingerprint density at radius 3 is 2.32 bits per heavy atom. The lowest BCUT2D eigenvalue weighted by Gasteiger charge is -2.18. The SMILES string of the molecule is Cl.NCC1CCN(C(=O)c2ccccc2C(=O)c2ccc(F)cc2)C1. The van der Waals surface area contributed by atoms with Crippen LogP contribution in [0.1, 0.15) is 32.7 Å². The number of hydrogen-bond acceptors (Lipinski definition) is 3. The van der Waals surface area contributed by atoms with Gasteiger partial charge in [0.05, 0.1) is 5.56 Å². The third kappa shape index (κ3) is 4.06. The summed E-state index contributed by atoms with van der Waals surface area (Å²) in [6, 6.07) is 12.1. The Morgan fingerprint density at radius 2 is 1.72 bits per heavy atom. The molecule has 2 aromatic carbocycles. The second-order valence-corrected chi connectivity index (χ2v) is 6.02. The molecule has 1 unspecified atom stereocenters. The van der Waals surface area contributed by atoms with E-state index in [1.165, 1.54) is 24.3 Å². The van der Waals surface area contributed by atoms with Crippen LogP contribution >= 0.6 is 12.4 Å². The van der Waals surface area contributed by atoms with Crippen LogP contribution in [0.3, 0.4) is 0 Å². The molecule has 1 heterocycles. The van der Waals surface area contributed by atoms with Crippen LogP contribution in [0.4, 0.5) is 4.39 Å². The van der Waals surface area contributed by atoms with E-state index in [9.17, 15) is 14.0 Å². The predicted molar refractivity (Wildman–Crippen MR) is 96.6 cm³/mol. The molecule has 0 aliphatic carbocycles. The Labute approximate surface area is 152 Å². The molecule has 0 radical (unpaired) electrons. The van der Waals surface area contributed by atoms with Gasteiger partial charge >= 0.3 is 0 Å². The molecular weight excluding hydrogens is 343 g/mol. The normalized spacial score (nSPS) is 16.4. The number of halogens is 2. The van der Waals surface area contributed by atoms with Crippen LogP contribution in [0.25, 0.3) is 0 Å². The predicted octanol–water partition coefficient (Wildman–Crippen LogP) is 2.90. The van der Waals surface area contributed by atoms with Gasteiger partial charge in [-0.05, 0) is 49.2 Å². The fraction of sp³-hybridized carbons (Fsp3) is 0.263. The Bertz CT molecular complexity index is 764. The van der Waals surface area contributed by atoms with Crippen LogP contribution in [0.15, 0.2) is 48.5 Å². The summed E-state index contributed by atoms with van der Waals surface area (Å²) in [5.41, 5.74) is 6.76. The third-order valence-electron chi connectivity index (χ3n) is 4.41. The molecule has 0 bridgehead atoms. The Morgan fingerprint density at radius 1 is 1.08 bits per heavy atom. The van der Waals surface area contributed by atoms with Crippen molar-refractivity contribution in [1.29, 1.82) is 0 Å². The number of nitrogens with two attached hydrogens (primary N) is 1. The summed E-state index contributed by atoms with van der Waals surface area (Å²) in [7, 11) is 0. The van der Waals surface area contributed by atoms with Gasteiger partial charge in [-0.3, -0.25) is 9.59 Å². The van der Waals surface area contributed by atoms with Gasteiger partial charge in [0, 0.05) is 24.2 Å². The lowest BCUT2D eigenvalue weighted by molar-refractivity contribution is 0.0783. The topological polar surface area (TPSA) is 63.4 Å². The van der Waals surface area contributed by atoms with E-state index in [0.29, 0.717) is 42.2 Å². The quantitative estimate of drug-likeness (QED) is 0.850. The summed E-state index contributed by atoms with van der Waals surface area (Å²) in [4.78, 5) is 27.2. The van der Waals surface area contributed by atoms with Crippen molar-refractivity contribution < 1.29 is 14.0 Å². The van der Waals surface area contributed by atoms with Crippen molar-refractivity contribution in [3.8, 4) is 0 Å². The molecule has 0 spiro atoms. The third-order valence-corrected chi connectivity index (χ3v) is 4.41.